The lowest BCUT2D eigenvalue weighted by Gasteiger charge is -2.29. The number of ether oxygens (including phenoxy) is 1. The van der Waals surface area contributed by atoms with E-state index < -0.39 is 0 Å². The largest absolute Gasteiger partial charge is 0.492 e. The molecule has 3 N–H and O–H groups in total. The molecule has 1 aliphatic heterocycles. The van der Waals surface area contributed by atoms with Gasteiger partial charge >= 0.3 is 0 Å². The van der Waals surface area contributed by atoms with Crippen LogP contribution in [0.25, 0.3) is 0 Å². The Morgan fingerprint density at radius 2 is 2.09 bits per heavy atom. The van der Waals surface area contributed by atoms with Gasteiger partial charge in [-0.05, 0) is 50.6 Å². The second-order valence-corrected chi connectivity index (χ2v) is 5.97. The molecule has 0 saturated carbocycles. The number of carbonyl (C=O) groups is 2. The van der Waals surface area contributed by atoms with E-state index in [1.807, 2.05) is 31.2 Å². The number of hydrogen-bond acceptors (Lipinski definition) is 4. The molecule has 126 valence electrons. The summed E-state index contributed by atoms with van der Waals surface area (Å²) in [5, 5.41) is 2.85. The zero-order valence-corrected chi connectivity index (χ0v) is 13.6. The summed E-state index contributed by atoms with van der Waals surface area (Å²) < 4.78 is 5.59. The Morgan fingerprint density at radius 1 is 1.35 bits per heavy atom. The van der Waals surface area contributed by atoms with Crippen molar-refractivity contribution in [2.45, 2.75) is 19.8 Å². The van der Waals surface area contributed by atoms with Crippen LogP contribution in [0.15, 0.2) is 24.3 Å². The molecule has 0 bridgehead atoms. The maximum Gasteiger partial charge on any atom is 0.234 e. The molecule has 0 unspecified atom stereocenters. The zero-order chi connectivity index (χ0) is 16.7. The van der Waals surface area contributed by atoms with Gasteiger partial charge in [0, 0.05) is 5.92 Å². The van der Waals surface area contributed by atoms with Crippen molar-refractivity contribution in [1.29, 1.82) is 0 Å². The predicted molar refractivity (Wildman–Crippen MR) is 88.0 cm³/mol. The molecular weight excluding hydrogens is 294 g/mol. The van der Waals surface area contributed by atoms with Gasteiger partial charge in [-0.1, -0.05) is 12.1 Å². The zero-order valence-electron chi connectivity index (χ0n) is 13.6. The molecule has 1 aromatic carbocycles. The van der Waals surface area contributed by atoms with Gasteiger partial charge in [-0.25, -0.2) is 0 Å². The summed E-state index contributed by atoms with van der Waals surface area (Å²) in [5.41, 5.74) is 6.45. The van der Waals surface area contributed by atoms with Crippen molar-refractivity contribution in [3.8, 4) is 5.75 Å². The summed E-state index contributed by atoms with van der Waals surface area (Å²) in [6.45, 7) is 4.76. The van der Waals surface area contributed by atoms with Gasteiger partial charge in [-0.3, -0.25) is 14.5 Å². The summed E-state index contributed by atoms with van der Waals surface area (Å²) in [4.78, 5) is 25.1. The van der Waals surface area contributed by atoms with Gasteiger partial charge in [0.2, 0.25) is 11.8 Å². The molecule has 0 aliphatic carbocycles. The van der Waals surface area contributed by atoms with Crippen molar-refractivity contribution in [2.24, 2.45) is 11.7 Å². The van der Waals surface area contributed by atoms with Crippen LogP contribution in [0.5, 0.6) is 5.75 Å². The lowest BCUT2D eigenvalue weighted by molar-refractivity contribution is -0.124. The van der Waals surface area contributed by atoms with E-state index in [0.717, 1.165) is 37.2 Å². The van der Waals surface area contributed by atoms with E-state index in [4.69, 9.17) is 10.5 Å². The fourth-order valence-corrected chi connectivity index (χ4v) is 2.70. The number of hydrogen-bond donors (Lipinski definition) is 2. The van der Waals surface area contributed by atoms with Gasteiger partial charge in [-0.2, -0.15) is 0 Å². The summed E-state index contributed by atoms with van der Waals surface area (Å²) in [6, 6.07) is 7.82. The number of carbonyl (C=O) groups excluding carboxylic acids is 2. The molecule has 1 saturated heterocycles. The molecule has 1 fully saturated rings. The fourth-order valence-electron chi connectivity index (χ4n) is 2.70. The first-order valence-electron chi connectivity index (χ1n) is 8.02. The number of primary amides is 1. The minimum Gasteiger partial charge on any atom is -0.492 e. The van der Waals surface area contributed by atoms with E-state index in [9.17, 15) is 9.59 Å². The summed E-state index contributed by atoms with van der Waals surface area (Å²) in [5.74, 6) is 0.516. The highest BCUT2D eigenvalue weighted by Crippen LogP contribution is 2.16. The molecule has 0 spiro atoms. The van der Waals surface area contributed by atoms with Crippen molar-refractivity contribution in [2.75, 3.05) is 32.8 Å². The van der Waals surface area contributed by atoms with Crippen LogP contribution in [0, 0.1) is 12.8 Å². The Balaban J connectivity index is 1.59. The lowest BCUT2D eigenvalue weighted by Crippen LogP contribution is -2.44. The minimum absolute atomic E-state index is 0.0182. The molecule has 1 aliphatic rings. The van der Waals surface area contributed by atoms with Gasteiger partial charge < -0.3 is 15.8 Å². The Morgan fingerprint density at radius 3 is 2.74 bits per heavy atom. The maximum absolute atomic E-state index is 11.9. The Kier molecular flexibility index (Phi) is 6.40. The molecule has 1 aromatic rings. The van der Waals surface area contributed by atoms with E-state index >= 15 is 0 Å². The van der Waals surface area contributed by atoms with E-state index in [2.05, 4.69) is 10.2 Å². The highest BCUT2D eigenvalue weighted by Gasteiger charge is 2.23. The van der Waals surface area contributed by atoms with Crippen LogP contribution in [0.4, 0.5) is 0 Å². The van der Waals surface area contributed by atoms with Crippen molar-refractivity contribution in [3.63, 3.8) is 0 Å². The third kappa shape index (κ3) is 5.90. The van der Waals surface area contributed by atoms with E-state index in [1.165, 1.54) is 0 Å². The van der Waals surface area contributed by atoms with Crippen LogP contribution >= 0.6 is 0 Å². The number of benzene rings is 1. The number of nitrogens with one attached hydrogen (secondary N) is 1. The molecule has 2 amide bonds. The highest BCUT2D eigenvalue weighted by molar-refractivity contribution is 5.78. The van der Waals surface area contributed by atoms with Gasteiger partial charge in [0.05, 0.1) is 13.1 Å². The van der Waals surface area contributed by atoms with Crippen LogP contribution < -0.4 is 15.8 Å². The number of rotatable bonds is 7. The van der Waals surface area contributed by atoms with Crippen LogP contribution in [-0.2, 0) is 9.59 Å². The quantitative estimate of drug-likeness (QED) is 0.724. The number of likely N-dealkylation sites (tertiary alicyclic amines) is 1. The summed E-state index contributed by atoms with van der Waals surface area (Å²) in [6.07, 6.45) is 1.47. The molecule has 0 radical (unpaired) electrons. The Bertz CT molecular complexity index is 540. The molecule has 6 nitrogen and oxygen atoms in total. The molecule has 2 rings (SSSR count). The molecular formula is C17H25N3O3. The molecule has 1 heterocycles. The standard InChI is InChI=1S/C17H25N3O3/c1-13-3-2-4-15(11-13)23-10-7-19-16(21)12-20-8-5-14(6-9-20)17(18)22/h2-4,11,14H,5-10,12H2,1H3,(H2,18,22)(H,19,21). The molecule has 6 heteroatoms. The third-order valence-electron chi connectivity index (χ3n) is 4.04. The summed E-state index contributed by atoms with van der Waals surface area (Å²) >= 11 is 0. The van der Waals surface area contributed by atoms with E-state index in [-0.39, 0.29) is 17.7 Å². The topological polar surface area (TPSA) is 84.7 Å². The third-order valence-corrected chi connectivity index (χ3v) is 4.04. The normalized spacial score (nSPS) is 16.0. The second kappa shape index (κ2) is 8.53. The number of amides is 2. The van der Waals surface area contributed by atoms with Crippen LogP contribution in [-0.4, -0.2) is 49.5 Å². The average Bonchev–Trinajstić information content (AvgIpc) is 2.52. The number of aryl methyl sites for hydroxylation is 1. The predicted octanol–water partition coefficient (Wildman–Crippen LogP) is 0.687. The molecule has 0 aromatic heterocycles. The van der Waals surface area contributed by atoms with Gasteiger partial charge in [0.15, 0.2) is 0 Å². The smallest absolute Gasteiger partial charge is 0.234 e. The van der Waals surface area contributed by atoms with Gasteiger partial charge in [0.25, 0.3) is 0 Å². The highest BCUT2D eigenvalue weighted by atomic mass is 16.5. The first-order valence-corrected chi connectivity index (χ1v) is 8.02. The summed E-state index contributed by atoms with van der Waals surface area (Å²) in [7, 11) is 0. The fraction of sp³-hybridized carbons (Fsp3) is 0.529. The van der Waals surface area contributed by atoms with Crippen LogP contribution in [0.3, 0.4) is 0 Å². The second-order valence-electron chi connectivity index (χ2n) is 5.97. The average molecular weight is 319 g/mol. The Labute approximate surface area is 137 Å². The lowest BCUT2D eigenvalue weighted by atomic mass is 9.96. The number of nitrogens with two attached hydrogens (primary N) is 1. The van der Waals surface area contributed by atoms with Crippen molar-refractivity contribution >= 4 is 11.8 Å². The van der Waals surface area contributed by atoms with Crippen LogP contribution in [0.2, 0.25) is 0 Å². The van der Waals surface area contributed by atoms with E-state index in [0.29, 0.717) is 19.7 Å². The van der Waals surface area contributed by atoms with E-state index in [1.54, 1.807) is 0 Å². The first kappa shape index (κ1) is 17.3. The number of piperidine rings is 1. The SMILES string of the molecule is Cc1cccc(OCCNC(=O)CN2CCC(C(N)=O)CC2)c1. The van der Waals surface area contributed by atoms with Crippen molar-refractivity contribution in [1.82, 2.24) is 10.2 Å². The van der Waals surface area contributed by atoms with Gasteiger partial charge in [-0.15, -0.1) is 0 Å². The molecule has 0 atom stereocenters. The minimum atomic E-state index is -0.234. The van der Waals surface area contributed by atoms with Crippen molar-refractivity contribution in [3.05, 3.63) is 29.8 Å². The van der Waals surface area contributed by atoms with Crippen LogP contribution in [0.1, 0.15) is 18.4 Å². The van der Waals surface area contributed by atoms with Gasteiger partial charge in [0.1, 0.15) is 12.4 Å². The Hall–Kier alpha value is -2.08. The molecule has 23 heavy (non-hydrogen) atoms. The number of nitrogens with zero attached hydrogens (tertiary/aromatic N) is 1. The first-order chi connectivity index (χ1) is 11.0. The maximum atomic E-state index is 11.9. The van der Waals surface area contributed by atoms with Crippen molar-refractivity contribution < 1.29 is 14.3 Å². The monoisotopic (exact) mass is 319 g/mol.